The summed E-state index contributed by atoms with van der Waals surface area (Å²) in [5.41, 5.74) is 8.72. The molecule has 0 aliphatic rings. The topological polar surface area (TPSA) is 60.9 Å². The Labute approximate surface area is 114 Å². The third-order valence-corrected chi connectivity index (χ3v) is 3.76. The molecule has 0 aliphatic heterocycles. The number of benzene rings is 1. The highest BCUT2D eigenvalue weighted by Crippen LogP contribution is 2.14. The second-order valence-electron chi connectivity index (χ2n) is 4.34. The molecule has 0 radical (unpaired) electrons. The molecule has 0 fully saturated rings. The van der Waals surface area contributed by atoms with Crippen LogP contribution in [0.5, 0.6) is 0 Å². The highest BCUT2D eigenvalue weighted by Gasteiger charge is 2.07. The molecular formula is C14H13N3OS. The van der Waals surface area contributed by atoms with Crippen molar-refractivity contribution in [1.29, 1.82) is 0 Å². The minimum absolute atomic E-state index is 0.0363. The number of hydrogen-bond donors (Lipinski definition) is 1. The van der Waals surface area contributed by atoms with Crippen molar-refractivity contribution in [3.63, 3.8) is 0 Å². The van der Waals surface area contributed by atoms with Crippen molar-refractivity contribution < 1.29 is 0 Å². The number of fused-ring (bicyclic) bond motifs is 1. The van der Waals surface area contributed by atoms with E-state index in [-0.39, 0.29) is 5.56 Å². The third kappa shape index (κ3) is 2.24. The van der Waals surface area contributed by atoms with Gasteiger partial charge in [0, 0.05) is 23.7 Å². The first kappa shape index (κ1) is 11.9. The number of nitrogens with zero attached hydrogens (tertiary/aromatic N) is 2. The van der Waals surface area contributed by atoms with Gasteiger partial charge in [0.05, 0.1) is 11.2 Å². The standard InChI is InChI=1S/C14H13N3OS/c15-13-7-10-3-1-2-4-12(10)14(18)17(13)6-5-11-8-19-9-16-11/h1-4,7-9H,5-6,15H2. The van der Waals surface area contributed by atoms with Gasteiger partial charge in [-0.1, -0.05) is 18.2 Å². The minimum Gasteiger partial charge on any atom is -0.385 e. The van der Waals surface area contributed by atoms with Crippen molar-refractivity contribution in [2.45, 2.75) is 13.0 Å². The summed E-state index contributed by atoms with van der Waals surface area (Å²) < 4.78 is 1.61. The van der Waals surface area contributed by atoms with Crippen LogP contribution in [-0.2, 0) is 13.0 Å². The normalized spacial score (nSPS) is 10.9. The van der Waals surface area contributed by atoms with Crippen LogP contribution >= 0.6 is 11.3 Å². The number of nitrogens with two attached hydrogens (primary N) is 1. The van der Waals surface area contributed by atoms with Crippen LogP contribution in [0.25, 0.3) is 10.8 Å². The molecule has 0 spiro atoms. The van der Waals surface area contributed by atoms with Crippen molar-refractivity contribution in [3.05, 3.63) is 57.3 Å². The smallest absolute Gasteiger partial charge is 0.259 e. The van der Waals surface area contributed by atoms with E-state index in [0.29, 0.717) is 24.2 Å². The fraction of sp³-hybridized carbons (Fsp3) is 0.143. The fourth-order valence-corrected chi connectivity index (χ4v) is 2.73. The molecule has 0 bridgehead atoms. The van der Waals surface area contributed by atoms with Crippen molar-refractivity contribution >= 4 is 27.9 Å². The molecule has 0 atom stereocenters. The first-order chi connectivity index (χ1) is 9.25. The van der Waals surface area contributed by atoms with Crippen LogP contribution < -0.4 is 11.3 Å². The molecular weight excluding hydrogens is 258 g/mol. The maximum atomic E-state index is 12.4. The van der Waals surface area contributed by atoms with Crippen molar-refractivity contribution in [3.8, 4) is 0 Å². The lowest BCUT2D eigenvalue weighted by molar-refractivity contribution is 0.677. The molecule has 0 amide bonds. The number of pyridine rings is 1. The number of thiazole rings is 1. The number of nitrogen functional groups attached to an aromatic ring is 1. The molecule has 0 saturated heterocycles. The molecule has 19 heavy (non-hydrogen) atoms. The monoisotopic (exact) mass is 271 g/mol. The summed E-state index contributed by atoms with van der Waals surface area (Å²) in [5, 5.41) is 3.58. The molecule has 1 aromatic carbocycles. The summed E-state index contributed by atoms with van der Waals surface area (Å²) in [6.07, 6.45) is 0.714. The van der Waals surface area contributed by atoms with Crippen LogP contribution in [-0.4, -0.2) is 9.55 Å². The predicted octanol–water partition coefficient (Wildman–Crippen LogP) is 2.28. The van der Waals surface area contributed by atoms with Crippen LogP contribution in [0.15, 0.2) is 46.0 Å². The van der Waals surface area contributed by atoms with E-state index in [1.807, 2.05) is 35.7 Å². The van der Waals surface area contributed by atoms with Gasteiger partial charge < -0.3 is 5.73 Å². The van der Waals surface area contributed by atoms with Crippen molar-refractivity contribution in [1.82, 2.24) is 9.55 Å². The lowest BCUT2D eigenvalue weighted by atomic mass is 10.1. The highest BCUT2D eigenvalue weighted by molar-refractivity contribution is 7.07. The first-order valence-corrected chi connectivity index (χ1v) is 6.95. The van der Waals surface area contributed by atoms with Gasteiger partial charge in [0.2, 0.25) is 0 Å². The zero-order chi connectivity index (χ0) is 13.2. The highest BCUT2D eigenvalue weighted by atomic mass is 32.1. The van der Waals surface area contributed by atoms with Gasteiger partial charge in [0.25, 0.3) is 5.56 Å². The quantitative estimate of drug-likeness (QED) is 0.795. The average molecular weight is 271 g/mol. The van der Waals surface area contributed by atoms with Gasteiger partial charge in [-0.3, -0.25) is 9.36 Å². The Bertz CT molecular complexity index is 762. The van der Waals surface area contributed by atoms with Gasteiger partial charge in [0.1, 0.15) is 5.82 Å². The third-order valence-electron chi connectivity index (χ3n) is 3.13. The molecule has 96 valence electrons. The van der Waals surface area contributed by atoms with Gasteiger partial charge in [-0.25, -0.2) is 4.98 Å². The van der Waals surface area contributed by atoms with Gasteiger partial charge in [0.15, 0.2) is 0 Å². The van der Waals surface area contributed by atoms with Crippen LogP contribution in [0.4, 0.5) is 5.82 Å². The van der Waals surface area contributed by atoms with E-state index in [9.17, 15) is 4.79 Å². The van der Waals surface area contributed by atoms with Crippen LogP contribution in [0.2, 0.25) is 0 Å². The summed E-state index contributed by atoms with van der Waals surface area (Å²) in [6, 6.07) is 9.34. The Kier molecular flexibility index (Phi) is 3.05. The Morgan fingerprint density at radius 3 is 2.95 bits per heavy atom. The number of anilines is 1. The second-order valence-corrected chi connectivity index (χ2v) is 5.06. The Morgan fingerprint density at radius 1 is 1.32 bits per heavy atom. The Hall–Kier alpha value is -2.14. The van der Waals surface area contributed by atoms with E-state index in [4.69, 9.17) is 5.73 Å². The maximum absolute atomic E-state index is 12.4. The summed E-state index contributed by atoms with van der Waals surface area (Å²) in [5.74, 6) is 0.499. The van der Waals surface area contributed by atoms with Gasteiger partial charge in [-0.2, -0.15) is 0 Å². The molecule has 0 unspecified atom stereocenters. The van der Waals surface area contributed by atoms with Crippen molar-refractivity contribution in [2.75, 3.05) is 5.73 Å². The van der Waals surface area contributed by atoms with E-state index in [0.717, 1.165) is 11.1 Å². The number of aromatic nitrogens is 2. The van der Waals surface area contributed by atoms with Crippen LogP contribution in [0.3, 0.4) is 0 Å². The molecule has 3 rings (SSSR count). The lowest BCUT2D eigenvalue weighted by Crippen LogP contribution is -2.24. The molecule has 5 heteroatoms. The summed E-state index contributed by atoms with van der Waals surface area (Å²) in [4.78, 5) is 16.6. The molecule has 3 aromatic rings. The molecule has 2 aromatic heterocycles. The molecule has 2 heterocycles. The molecule has 2 N–H and O–H groups in total. The number of hydrogen-bond acceptors (Lipinski definition) is 4. The largest absolute Gasteiger partial charge is 0.385 e. The number of aryl methyl sites for hydroxylation is 1. The van der Waals surface area contributed by atoms with Crippen LogP contribution in [0.1, 0.15) is 5.69 Å². The maximum Gasteiger partial charge on any atom is 0.259 e. The summed E-state index contributed by atoms with van der Waals surface area (Å²) in [6.45, 7) is 0.555. The lowest BCUT2D eigenvalue weighted by Gasteiger charge is -2.10. The Morgan fingerprint density at radius 2 is 2.16 bits per heavy atom. The SMILES string of the molecule is Nc1cc2ccccc2c(=O)n1CCc1cscn1. The van der Waals surface area contributed by atoms with E-state index >= 15 is 0 Å². The van der Waals surface area contributed by atoms with E-state index in [2.05, 4.69) is 4.98 Å². The van der Waals surface area contributed by atoms with Gasteiger partial charge >= 0.3 is 0 Å². The van der Waals surface area contributed by atoms with Gasteiger partial charge in [-0.15, -0.1) is 11.3 Å². The minimum atomic E-state index is -0.0363. The van der Waals surface area contributed by atoms with E-state index in [1.165, 1.54) is 0 Å². The van der Waals surface area contributed by atoms with Crippen LogP contribution in [0, 0.1) is 0 Å². The summed E-state index contributed by atoms with van der Waals surface area (Å²) >= 11 is 1.56. The van der Waals surface area contributed by atoms with Gasteiger partial charge in [-0.05, 0) is 17.5 Å². The second kappa shape index (κ2) is 4.85. The zero-order valence-corrected chi connectivity index (χ0v) is 11.1. The molecule has 0 saturated carbocycles. The molecule has 0 aliphatic carbocycles. The zero-order valence-electron chi connectivity index (χ0n) is 10.2. The van der Waals surface area contributed by atoms with Crippen molar-refractivity contribution in [2.24, 2.45) is 0 Å². The fourth-order valence-electron chi connectivity index (χ4n) is 2.14. The van der Waals surface area contributed by atoms with E-state index in [1.54, 1.807) is 21.4 Å². The Balaban J connectivity index is 2.01. The summed E-state index contributed by atoms with van der Waals surface area (Å²) in [7, 11) is 0. The number of rotatable bonds is 3. The first-order valence-electron chi connectivity index (χ1n) is 6.01. The molecule has 4 nitrogen and oxygen atoms in total. The van der Waals surface area contributed by atoms with E-state index < -0.39 is 0 Å². The predicted molar refractivity (Wildman–Crippen MR) is 78.4 cm³/mol. The average Bonchev–Trinajstić information content (AvgIpc) is 2.92.